The van der Waals surface area contributed by atoms with Crippen molar-refractivity contribution in [2.45, 2.75) is 56.7 Å². The molecule has 2 saturated carbocycles. The zero-order chi connectivity index (χ0) is 14.9. The van der Waals surface area contributed by atoms with Crippen LogP contribution in [0.15, 0.2) is 16.9 Å². The number of aryl methyl sites for hydroxylation is 1. The number of hydrogen-bond acceptors (Lipinski definition) is 4. The van der Waals surface area contributed by atoms with Crippen LogP contribution in [0.25, 0.3) is 0 Å². The highest BCUT2D eigenvalue weighted by Gasteiger charge is 2.51. The Kier molecular flexibility index (Phi) is 4.36. The first-order valence-corrected chi connectivity index (χ1v) is 8.47. The van der Waals surface area contributed by atoms with Crippen molar-refractivity contribution in [2.75, 3.05) is 7.11 Å². The topological polar surface area (TPSA) is 56.1 Å². The lowest BCUT2D eigenvalue weighted by molar-refractivity contribution is -0.150. The molecule has 2 unspecified atom stereocenters. The van der Waals surface area contributed by atoms with Gasteiger partial charge in [-0.15, -0.1) is 0 Å². The molecule has 0 aliphatic heterocycles. The third-order valence-electron chi connectivity index (χ3n) is 4.72. The van der Waals surface area contributed by atoms with E-state index in [1.807, 2.05) is 10.9 Å². The van der Waals surface area contributed by atoms with Crippen molar-refractivity contribution in [3.63, 3.8) is 0 Å². The molecule has 1 aromatic rings. The number of nitrogens with zero attached hydrogens (tertiary/aromatic N) is 2. The van der Waals surface area contributed by atoms with Crippen LogP contribution in [0.1, 0.15) is 38.5 Å². The van der Waals surface area contributed by atoms with Gasteiger partial charge in [0.2, 0.25) is 0 Å². The molecule has 0 amide bonds. The molecular weight excluding hydrogens is 334 g/mol. The highest BCUT2D eigenvalue weighted by Crippen LogP contribution is 2.41. The van der Waals surface area contributed by atoms with Gasteiger partial charge in [0.15, 0.2) is 0 Å². The summed E-state index contributed by atoms with van der Waals surface area (Å²) in [4.78, 5) is 12.4. The maximum atomic E-state index is 12.4. The van der Waals surface area contributed by atoms with Gasteiger partial charge in [-0.1, -0.05) is 6.42 Å². The molecule has 21 heavy (non-hydrogen) atoms. The summed E-state index contributed by atoms with van der Waals surface area (Å²) >= 11 is 3.41. The van der Waals surface area contributed by atoms with Crippen molar-refractivity contribution in [1.82, 2.24) is 15.1 Å². The van der Waals surface area contributed by atoms with Gasteiger partial charge < -0.3 is 4.74 Å². The molecule has 0 aromatic carbocycles. The van der Waals surface area contributed by atoms with Gasteiger partial charge in [0.25, 0.3) is 0 Å². The second kappa shape index (κ2) is 6.08. The molecule has 6 heteroatoms. The maximum absolute atomic E-state index is 12.4. The fourth-order valence-electron chi connectivity index (χ4n) is 3.51. The van der Waals surface area contributed by atoms with Gasteiger partial charge in [0.05, 0.1) is 17.8 Å². The Hall–Kier alpha value is -0.880. The van der Waals surface area contributed by atoms with Crippen molar-refractivity contribution < 1.29 is 9.53 Å². The Bertz CT molecular complexity index is 515. The molecule has 2 atom stereocenters. The maximum Gasteiger partial charge on any atom is 0.326 e. The summed E-state index contributed by atoms with van der Waals surface area (Å²) in [6, 6.07) is 0.503. The van der Waals surface area contributed by atoms with E-state index in [0.29, 0.717) is 12.0 Å². The summed E-state index contributed by atoms with van der Waals surface area (Å²) in [6.07, 6.45) is 10.1. The van der Waals surface area contributed by atoms with Gasteiger partial charge >= 0.3 is 5.97 Å². The first kappa shape index (κ1) is 15.0. The van der Waals surface area contributed by atoms with Gasteiger partial charge in [0, 0.05) is 18.8 Å². The Balaban J connectivity index is 1.70. The Morgan fingerprint density at radius 3 is 3.00 bits per heavy atom. The monoisotopic (exact) mass is 355 g/mol. The third kappa shape index (κ3) is 3.16. The minimum Gasteiger partial charge on any atom is -0.468 e. The fourth-order valence-corrected chi connectivity index (χ4v) is 3.84. The molecule has 1 N–H and O–H groups in total. The SMILES string of the molecule is COC(=O)C1(NC2CC2)CCCC1CCn1cc(Br)cn1. The Morgan fingerprint density at radius 1 is 1.57 bits per heavy atom. The van der Waals surface area contributed by atoms with Crippen LogP contribution < -0.4 is 5.32 Å². The fraction of sp³-hybridized carbons (Fsp3) is 0.733. The number of hydrogen-bond donors (Lipinski definition) is 1. The first-order chi connectivity index (χ1) is 10.1. The minimum absolute atomic E-state index is 0.0847. The van der Waals surface area contributed by atoms with E-state index in [1.165, 1.54) is 20.0 Å². The van der Waals surface area contributed by atoms with Gasteiger partial charge in [-0.05, 0) is 54.0 Å². The van der Waals surface area contributed by atoms with Gasteiger partial charge in [0.1, 0.15) is 5.54 Å². The predicted octanol–water partition coefficient (Wildman–Crippen LogP) is 2.50. The second-order valence-corrected chi connectivity index (χ2v) is 7.10. The molecule has 116 valence electrons. The average molecular weight is 356 g/mol. The van der Waals surface area contributed by atoms with Crippen LogP contribution in [-0.4, -0.2) is 34.4 Å². The molecule has 1 aromatic heterocycles. The Morgan fingerprint density at radius 2 is 2.38 bits per heavy atom. The van der Waals surface area contributed by atoms with Crippen LogP contribution in [0.3, 0.4) is 0 Å². The summed E-state index contributed by atoms with van der Waals surface area (Å²) < 4.78 is 8.04. The van der Waals surface area contributed by atoms with E-state index in [1.54, 1.807) is 6.20 Å². The minimum atomic E-state index is -0.472. The summed E-state index contributed by atoms with van der Waals surface area (Å²) in [5, 5.41) is 7.89. The standard InChI is InChI=1S/C15H22BrN3O2/c1-21-14(20)15(18-13-4-5-13)7-2-3-11(15)6-8-19-10-12(16)9-17-19/h9-11,13,18H,2-8H2,1H3. The lowest BCUT2D eigenvalue weighted by atomic mass is 9.84. The van der Waals surface area contributed by atoms with Crippen LogP contribution >= 0.6 is 15.9 Å². The number of carbonyl (C=O) groups excluding carboxylic acids is 1. The number of esters is 1. The molecule has 0 spiro atoms. The molecule has 3 rings (SSSR count). The third-order valence-corrected chi connectivity index (χ3v) is 5.13. The number of nitrogens with one attached hydrogen (secondary N) is 1. The summed E-state index contributed by atoms with van der Waals surface area (Å²) in [5.41, 5.74) is -0.472. The van der Waals surface area contributed by atoms with Crippen molar-refractivity contribution in [1.29, 1.82) is 0 Å². The van der Waals surface area contributed by atoms with Gasteiger partial charge in [-0.3, -0.25) is 14.8 Å². The lowest BCUT2D eigenvalue weighted by Crippen LogP contribution is -2.56. The van der Waals surface area contributed by atoms with Crippen molar-refractivity contribution in [3.05, 3.63) is 16.9 Å². The van der Waals surface area contributed by atoms with Crippen LogP contribution in [0.4, 0.5) is 0 Å². The molecule has 0 radical (unpaired) electrons. The normalized spacial score (nSPS) is 28.8. The average Bonchev–Trinajstić information content (AvgIpc) is 3.04. The molecule has 2 aliphatic rings. The highest BCUT2D eigenvalue weighted by atomic mass is 79.9. The second-order valence-electron chi connectivity index (χ2n) is 6.18. The molecule has 2 fully saturated rings. The summed E-state index contributed by atoms with van der Waals surface area (Å²) in [7, 11) is 1.50. The molecule has 5 nitrogen and oxygen atoms in total. The smallest absolute Gasteiger partial charge is 0.326 e. The number of rotatable bonds is 6. The number of aromatic nitrogens is 2. The molecule has 0 bridgehead atoms. The lowest BCUT2D eigenvalue weighted by Gasteiger charge is -2.34. The van der Waals surface area contributed by atoms with Crippen molar-refractivity contribution in [3.8, 4) is 0 Å². The van der Waals surface area contributed by atoms with E-state index in [9.17, 15) is 4.79 Å². The quantitative estimate of drug-likeness (QED) is 0.796. The zero-order valence-corrected chi connectivity index (χ0v) is 13.9. The summed E-state index contributed by atoms with van der Waals surface area (Å²) in [5.74, 6) is 0.243. The first-order valence-electron chi connectivity index (χ1n) is 7.68. The van der Waals surface area contributed by atoms with Crippen molar-refractivity contribution in [2.24, 2.45) is 5.92 Å². The largest absolute Gasteiger partial charge is 0.468 e. The molecule has 2 aliphatic carbocycles. The predicted molar refractivity (Wildman–Crippen MR) is 82.8 cm³/mol. The number of methoxy groups -OCH3 is 1. The highest BCUT2D eigenvalue weighted by molar-refractivity contribution is 9.10. The number of halogens is 1. The van der Waals surface area contributed by atoms with E-state index in [0.717, 1.165) is 36.7 Å². The van der Waals surface area contributed by atoms with Crippen LogP contribution in [0, 0.1) is 5.92 Å². The molecule has 1 heterocycles. The van der Waals surface area contributed by atoms with E-state index < -0.39 is 5.54 Å². The number of carbonyl (C=O) groups is 1. The number of ether oxygens (including phenoxy) is 1. The molecular formula is C15H22BrN3O2. The van der Waals surface area contributed by atoms with Gasteiger partial charge in [-0.25, -0.2) is 0 Å². The van der Waals surface area contributed by atoms with Crippen LogP contribution in [0.5, 0.6) is 0 Å². The van der Waals surface area contributed by atoms with E-state index >= 15 is 0 Å². The van der Waals surface area contributed by atoms with E-state index in [-0.39, 0.29) is 5.97 Å². The van der Waals surface area contributed by atoms with Crippen LogP contribution in [-0.2, 0) is 16.1 Å². The Labute approximate surface area is 133 Å². The summed E-state index contributed by atoms with van der Waals surface area (Å²) in [6.45, 7) is 0.835. The zero-order valence-electron chi connectivity index (χ0n) is 12.3. The van der Waals surface area contributed by atoms with E-state index in [4.69, 9.17) is 4.74 Å². The van der Waals surface area contributed by atoms with E-state index in [2.05, 4.69) is 26.3 Å². The van der Waals surface area contributed by atoms with Crippen LogP contribution in [0.2, 0.25) is 0 Å². The van der Waals surface area contributed by atoms with Gasteiger partial charge in [-0.2, -0.15) is 5.10 Å². The molecule has 0 saturated heterocycles. The van der Waals surface area contributed by atoms with Crippen molar-refractivity contribution >= 4 is 21.9 Å².